The molecule has 2 aromatic heterocycles. The molecule has 0 aliphatic carbocycles. The summed E-state index contributed by atoms with van der Waals surface area (Å²) >= 11 is 0. The molecular formula is C25H36ClN5O5. The molecule has 0 amide bonds. The lowest BCUT2D eigenvalue weighted by atomic mass is 9.84. The monoisotopic (exact) mass is 521 g/mol. The number of carbonyl (C=O) groups is 1. The van der Waals surface area contributed by atoms with Crippen LogP contribution in [-0.2, 0) is 18.4 Å². The molecule has 10 nitrogen and oxygen atoms in total. The maximum Gasteiger partial charge on any atom is 0.242 e. The lowest BCUT2D eigenvalue weighted by molar-refractivity contribution is 0.0964. The molecule has 0 radical (unpaired) electrons. The van der Waals surface area contributed by atoms with E-state index in [0.29, 0.717) is 54.6 Å². The number of rotatable bonds is 11. The minimum atomic E-state index is -0.316. The van der Waals surface area contributed by atoms with Crippen LogP contribution in [0, 0.1) is 5.41 Å². The van der Waals surface area contributed by atoms with E-state index in [9.17, 15) is 4.79 Å². The van der Waals surface area contributed by atoms with Crippen LogP contribution in [0.3, 0.4) is 0 Å². The van der Waals surface area contributed by atoms with Crippen molar-refractivity contribution in [2.45, 2.75) is 59.4 Å². The van der Waals surface area contributed by atoms with E-state index in [-0.39, 0.29) is 42.4 Å². The first-order valence-corrected chi connectivity index (χ1v) is 11.8. The van der Waals surface area contributed by atoms with Gasteiger partial charge in [-0.05, 0) is 30.9 Å². The van der Waals surface area contributed by atoms with E-state index in [1.54, 1.807) is 13.2 Å². The average Bonchev–Trinajstić information content (AvgIpc) is 3.13. The Bertz CT molecular complexity index is 1260. The van der Waals surface area contributed by atoms with Crippen molar-refractivity contribution in [2.24, 2.45) is 0 Å². The second-order valence-corrected chi connectivity index (χ2v) is 9.17. The van der Waals surface area contributed by atoms with Crippen LogP contribution in [0.4, 0.5) is 0 Å². The lowest BCUT2D eigenvalue weighted by Gasteiger charge is -2.25. The molecule has 0 fully saturated rings. The zero-order chi connectivity index (χ0) is 25.8. The molecule has 0 saturated heterocycles. The third-order valence-electron chi connectivity index (χ3n) is 5.56. The summed E-state index contributed by atoms with van der Waals surface area (Å²) in [6.07, 6.45) is 1.14. The largest absolute Gasteiger partial charge is 0.493 e. The van der Waals surface area contributed by atoms with E-state index >= 15 is 0 Å². The molecule has 11 heteroatoms. The quantitative estimate of drug-likeness (QED) is 0.293. The fourth-order valence-corrected chi connectivity index (χ4v) is 3.75. The van der Waals surface area contributed by atoms with Crippen LogP contribution in [0.5, 0.6) is 17.4 Å². The van der Waals surface area contributed by atoms with Crippen molar-refractivity contribution < 1.29 is 24.1 Å². The van der Waals surface area contributed by atoms with Crippen molar-refractivity contribution in [1.82, 2.24) is 19.4 Å². The minimum absolute atomic E-state index is 0. The highest BCUT2D eigenvalue weighted by Crippen LogP contribution is 2.40. The fourth-order valence-electron chi connectivity index (χ4n) is 3.75. The number of fused-ring (bicyclic) bond motifs is 1. The fraction of sp³-hybridized carbons (Fsp3) is 0.520. The molecule has 0 unspecified atom stereocenters. The highest BCUT2D eigenvalue weighted by Gasteiger charge is 2.25. The van der Waals surface area contributed by atoms with Crippen molar-refractivity contribution >= 4 is 23.8 Å². The van der Waals surface area contributed by atoms with Crippen LogP contribution in [0.15, 0.2) is 18.2 Å². The zero-order valence-electron chi connectivity index (χ0n) is 21.8. The molecule has 198 valence electrons. The molecule has 3 rings (SSSR count). The van der Waals surface area contributed by atoms with Crippen LogP contribution in [0.2, 0.25) is 0 Å². The average molecular weight is 522 g/mol. The van der Waals surface area contributed by atoms with Gasteiger partial charge in [0.25, 0.3) is 0 Å². The van der Waals surface area contributed by atoms with Gasteiger partial charge in [-0.1, -0.05) is 27.7 Å². The third-order valence-corrected chi connectivity index (χ3v) is 5.56. The van der Waals surface area contributed by atoms with Crippen LogP contribution in [0.25, 0.3) is 5.65 Å². The van der Waals surface area contributed by atoms with E-state index in [1.165, 1.54) is 9.20 Å². The second kappa shape index (κ2) is 12.2. The van der Waals surface area contributed by atoms with Crippen LogP contribution >= 0.6 is 12.4 Å². The van der Waals surface area contributed by atoms with Crippen molar-refractivity contribution in [2.75, 3.05) is 26.9 Å². The number of aliphatic hydroxyl groups excluding tert-OH is 1. The molecule has 36 heavy (non-hydrogen) atoms. The number of hydrogen-bond donors (Lipinski definition) is 2. The van der Waals surface area contributed by atoms with E-state index in [4.69, 9.17) is 24.7 Å². The predicted octanol–water partition coefficient (Wildman–Crippen LogP) is 3.34. The summed E-state index contributed by atoms with van der Waals surface area (Å²) in [7, 11) is 1.57. The Morgan fingerprint density at radius 3 is 2.44 bits per heavy atom. The number of carbonyl (C=O) groups excluding carboxylic acids is 1. The predicted molar refractivity (Wildman–Crippen MR) is 138 cm³/mol. The molecule has 2 N–H and O–H groups in total. The number of ketones is 1. The van der Waals surface area contributed by atoms with Crippen molar-refractivity contribution in [3.05, 3.63) is 40.5 Å². The molecule has 1 aromatic carbocycles. The van der Waals surface area contributed by atoms with Crippen LogP contribution < -0.4 is 19.8 Å². The van der Waals surface area contributed by atoms with Crippen molar-refractivity contribution in [1.29, 1.82) is 5.41 Å². The highest BCUT2D eigenvalue weighted by molar-refractivity contribution is 5.97. The molecule has 0 aliphatic rings. The normalized spacial score (nSPS) is 11.3. The highest BCUT2D eigenvalue weighted by atomic mass is 35.5. The molecule has 2 heterocycles. The van der Waals surface area contributed by atoms with Gasteiger partial charge in [-0.3, -0.25) is 10.2 Å². The first kappa shape index (κ1) is 29.1. The molecule has 0 saturated carbocycles. The Kier molecular flexibility index (Phi) is 9.89. The second-order valence-electron chi connectivity index (χ2n) is 9.17. The molecule has 0 atom stereocenters. The first-order valence-electron chi connectivity index (χ1n) is 11.8. The summed E-state index contributed by atoms with van der Waals surface area (Å²) in [5, 5.41) is 26.5. The number of hydrogen-bond acceptors (Lipinski definition) is 8. The minimum Gasteiger partial charge on any atom is -0.493 e. The third kappa shape index (κ3) is 6.17. The number of aliphatic hydroxyl groups is 1. The van der Waals surface area contributed by atoms with Gasteiger partial charge in [-0.15, -0.1) is 22.6 Å². The van der Waals surface area contributed by atoms with Gasteiger partial charge in [-0.25, -0.2) is 4.68 Å². The van der Waals surface area contributed by atoms with Gasteiger partial charge in [0.2, 0.25) is 11.5 Å². The number of halogens is 1. The summed E-state index contributed by atoms with van der Waals surface area (Å²) in [5.74, 6) is 1.19. The summed E-state index contributed by atoms with van der Waals surface area (Å²) in [6.45, 7) is 10.6. The standard InChI is InChI=1S/C25H35N5O5.ClH/c1-7-16-14-21(34-8-2)27-30-23(16)28-29(24(30)26)15-19(32)17-12-18(25(3,4)5)22(33-6)20(13-17)35-11-9-10-31;/h12-14,26,31H,7-11,15H2,1-6H3;1H. The Balaban J connectivity index is 0.00000456. The number of Topliss-reactive ketones (excluding diaryl/α,β-unsaturated/α-hetero) is 1. The van der Waals surface area contributed by atoms with Crippen LogP contribution in [0.1, 0.15) is 62.5 Å². The molecular weight excluding hydrogens is 486 g/mol. The van der Waals surface area contributed by atoms with Crippen molar-refractivity contribution in [3.8, 4) is 17.4 Å². The Morgan fingerprint density at radius 2 is 1.86 bits per heavy atom. The van der Waals surface area contributed by atoms with E-state index < -0.39 is 0 Å². The maximum absolute atomic E-state index is 13.4. The Morgan fingerprint density at radius 1 is 1.14 bits per heavy atom. The summed E-state index contributed by atoms with van der Waals surface area (Å²) in [6, 6.07) is 5.27. The van der Waals surface area contributed by atoms with Gasteiger partial charge < -0.3 is 19.3 Å². The number of nitrogens with one attached hydrogen (secondary N) is 1. The SMILES string of the molecule is CCOc1cc(CC)c2nn(CC(=O)c3cc(OCCCO)c(OC)c(C(C)(C)C)c3)c(=N)n2n1.Cl. The number of methoxy groups -OCH3 is 1. The van der Waals surface area contributed by atoms with Gasteiger partial charge in [0.15, 0.2) is 22.9 Å². The van der Waals surface area contributed by atoms with Crippen molar-refractivity contribution in [3.63, 3.8) is 0 Å². The number of aryl methyl sites for hydroxylation is 1. The van der Waals surface area contributed by atoms with Crippen LogP contribution in [-0.4, -0.2) is 57.2 Å². The first-order chi connectivity index (χ1) is 16.6. The topological polar surface area (TPSA) is 124 Å². The lowest BCUT2D eigenvalue weighted by Crippen LogP contribution is -2.26. The number of aromatic nitrogens is 4. The smallest absolute Gasteiger partial charge is 0.242 e. The van der Waals surface area contributed by atoms with Gasteiger partial charge in [0, 0.05) is 35.8 Å². The van der Waals surface area contributed by atoms with E-state index in [2.05, 4.69) is 10.2 Å². The molecule has 0 aliphatic heterocycles. The van der Waals surface area contributed by atoms with Gasteiger partial charge in [0.05, 0.1) is 20.3 Å². The van der Waals surface area contributed by atoms with Gasteiger partial charge in [0.1, 0.15) is 6.54 Å². The Hall–Kier alpha value is -3.11. The molecule has 0 spiro atoms. The Labute approximate surface area is 217 Å². The van der Waals surface area contributed by atoms with E-state index in [1.807, 2.05) is 46.8 Å². The van der Waals surface area contributed by atoms with Gasteiger partial charge in [-0.2, -0.15) is 4.52 Å². The van der Waals surface area contributed by atoms with E-state index in [0.717, 1.165) is 11.1 Å². The summed E-state index contributed by atoms with van der Waals surface area (Å²) in [4.78, 5) is 13.4. The van der Waals surface area contributed by atoms with Gasteiger partial charge >= 0.3 is 0 Å². The number of ether oxygens (including phenoxy) is 3. The maximum atomic E-state index is 13.4. The molecule has 3 aromatic rings. The zero-order valence-corrected chi connectivity index (χ0v) is 22.6. The summed E-state index contributed by atoms with van der Waals surface area (Å²) < 4.78 is 19.8. The number of benzene rings is 1. The molecule has 0 bridgehead atoms. The number of nitrogens with zero attached hydrogens (tertiary/aromatic N) is 4. The summed E-state index contributed by atoms with van der Waals surface area (Å²) in [5.41, 5.74) is 2.32.